The van der Waals surface area contributed by atoms with Gasteiger partial charge in [0.1, 0.15) is 0 Å². The summed E-state index contributed by atoms with van der Waals surface area (Å²) in [5.74, 6) is 0. The fourth-order valence-electron chi connectivity index (χ4n) is 2.53. The molecule has 0 aliphatic heterocycles. The third-order valence-corrected chi connectivity index (χ3v) is 3.53. The molecule has 2 heteroatoms. The lowest BCUT2D eigenvalue weighted by atomic mass is 10.1. The van der Waals surface area contributed by atoms with E-state index in [1.807, 2.05) is 18.5 Å². The third kappa shape index (κ3) is 3.31. The standard InChI is InChI=1S/C14H22N2/c1-12(13-7-6-10-15-11-13)16-14-8-4-2-3-5-9-14/h6-7,10-12,14,16H,2-5,8-9H2,1H3/t12-/m0/s1. The van der Waals surface area contributed by atoms with E-state index in [1.165, 1.54) is 44.1 Å². The summed E-state index contributed by atoms with van der Waals surface area (Å²) in [4.78, 5) is 4.18. The maximum absolute atomic E-state index is 4.18. The van der Waals surface area contributed by atoms with Crippen LogP contribution in [-0.2, 0) is 0 Å². The molecule has 2 rings (SSSR count). The molecule has 0 unspecified atom stereocenters. The summed E-state index contributed by atoms with van der Waals surface area (Å²) in [6.45, 7) is 2.24. The molecule has 0 aromatic carbocycles. The average Bonchev–Trinajstić information content (AvgIpc) is 2.59. The van der Waals surface area contributed by atoms with E-state index in [4.69, 9.17) is 0 Å². The van der Waals surface area contributed by atoms with Crippen molar-refractivity contribution in [2.45, 2.75) is 57.5 Å². The van der Waals surface area contributed by atoms with Crippen molar-refractivity contribution in [2.75, 3.05) is 0 Å². The number of hydrogen-bond acceptors (Lipinski definition) is 2. The Morgan fingerprint density at radius 1 is 1.25 bits per heavy atom. The van der Waals surface area contributed by atoms with Crippen molar-refractivity contribution in [1.82, 2.24) is 10.3 Å². The number of pyridine rings is 1. The van der Waals surface area contributed by atoms with Gasteiger partial charge in [-0.25, -0.2) is 0 Å². The van der Waals surface area contributed by atoms with Gasteiger partial charge in [0, 0.05) is 24.5 Å². The molecule has 1 N–H and O–H groups in total. The maximum Gasteiger partial charge on any atom is 0.0315 e. The van der Waals surface area contributed by atoms with E-state index >= 15 is 0 Å². The van der Waals surface area contributed by atoms with Crippen LogP contribution in [0.3, 0.4) is 0 Å². The molecule has 0 bridgehead atoms. The number of hydrogen-bond donors (Lipinski definition) is 1. The quantitative estimate of drug-likeness (QED) is 0.786. The summed E-state index contributed by atoms with van der Waals surface area (Å²) in [5.41, 5.74) is 1.30. The first kappa shape index (κ1) is 11.6. The van der Waals surface area contributed by atoms with Crippen LogP contribution in [0.2, 0.25) is 0 Å². The smallest absolute Gasteiger partial charge is 0.0315 e. The summed E-state index contributed by atoms with van der Waals surface area (Å²) >= 11 is 0. The summed E-state index contributed by atoms with van der Waals surface area (Å²) < 4.78 is 0. The highest BCUT2D eigenvalue weighted by Crippen LogP contribution is 2.20. The zero-order valence-corrected chi connectivity index (χ0v) is 10.2. The molecule has 88 valence electrons. The Hall–Kier alpha value is -0.890. The van der Waals surface area contributed by atoms with E-state index < -0.39 is 0 Å². The SMILES string of the molecule is C[C@H](NC1CCCCCC1)c1cccnc1. The predicted octanol–water partition coefficient (Wildman–Crippen LogP) is 3.46. The van der Waals surface area contributed by atoms with Crippen LogP contribution in [0.25, 0.3) is 0 Å². The molecule has 16 heavy (non-hydrogen) atoms. The Morgan fingerprint density at radius 2 is 2.00 bits per heavy atom. The molecule has 1 aliphatic rings. The summed E-state index contributed by atoms with van der Waals surface area (Å²) in [6.07, 6.45) is 12.1. The molecular formula is C14H22N2. The first-order chi connectivity index (χ1) is 7.86. The van der Waals surface area contributed by atoms with Crippen molar-refractivity contribution in [1.29, 1.82) is 0 Å². The van der Waals surface area contributed by atoms with Gasteiger partial charge in [0.2, 0.25) is 0 Å². The highest BCUT2D eigenvalue weighted by Gasteiger charge is 2.15. The summed E-state index contributed by atoms with van der Waals surface area (Å²) in [5, 5.41) is 3.74. The molecular weight excluding hydrogens is 196 g/mol. The van der Waals surface area contributed by atoms with Crippen molar-refractivity contribution in [3.63, 3.8) is 0 Å². The van der Waals surface area contributed by atoms with Crippen molar-refractivity contribution in [2.24, 2.45) is 0 Å². The van der Waals surface area contributed by atoms with Crippen molar-refractivity contribution in [3.05, 3.63) is 30.1 Å². The molecule has 2 nitrogen and oxygen atoms in total. The topological polar surface area (TPSA) is 24.9 Å². The van der Waals surface area contributed by atoms with E-state index in [9.17, 15) is 0 Å². The summed E-state index contributed by atoms with van der Waals surface area (Å²) in [6, 6.07) is 5.30. The Kier molecular flexibility index (Phi) is 4.34. The van der Waals surface area contributed by atoms with Crippen LogP contribution in [0.1, 0.15) is 57.1 Å². The van der Waals surface area contributed by atoms with Crippen LogP contribution in [0, 0.1) is 0 Å². The van der Waals surface area contributed by atoms with Gasteiger partial charge in [-0.3, -0.25) is 4.98 Å². The van der Waals surface area contributed by atoms with Gasteiger partial charge in [-0.05, 0) is 31.4 Å². The minimum Gasteiger partial charge on any atom is -0.307 e. The molecule has 1 atom stereocenters. The second-order valence-corrected chi connectivity index (χ2v) is 4.86. The molecule has 1 heterocycles. The minimum absolute atomic E-state index is 0.428. The second kappa shape index (κ2) is 6.00. The monoisotopic (exact) mass is 218 g/mol. The minimum atomic E-state index is 0.428. The molecule has 1 aromatic rings. The first-order valence-corrected chi connectivity index (χ1v) is 6.52. The van der Waals surface area contributed by atoms with Gasteiger partial charge < -0.3 is 5.32 Å². The Bertz CT molecular complexity index is 289. The largest absolute Gasteiger partial charge is 0.307 e. The van der Waals surface area contributed by atoms with Crippen LogP contribution in [-0.4, -0.2) is 11.0 Å². The zero-order valence-electron chi connectivity index (χ0n) is 10.2. The van der Waals surface area contributed by atoms with Gasteiger partial charge in [0.15, 0.2) is 0 Å². The lowest BCUT2D eigenvalue weighted by molar-refractivity contribution is 0.414. The fraction of sp³-hybridized carbons (Fsp3) is 0.643. The van der Waals surface area contributed by atoms with Crippen LogP contribution < -0.4 is 5.32 Å². The van der Waals surface area contributed by atoms with Gasteiger partial charge in [-0.2, -0.15) is 0 Å². The molecule has 0 radical (unpaired) electrons. The van der Waals surface area contributed by atoms with E-state index in [1.54, 1.807) is 0 Å². The lowest BCUT2D eigenvalue weighted by Gasteiger charge is -2.22. The van der Waals surface area contributed by atoms with Crippen LogP contribution >= 0.6 is 0 Å². The first-order valence-electron chi connectivity index (χ1n) is 6.52. The second-order valence-electron chi connectivity index (χ2n) is 4.86. The number of aromatic nitrogens is 1. The Balaban J connectivity index is 1.88. The third-order valence-electron chi connectivity index (χ3n) is 3.53. The fourth-order valence-corrected chi connectivity index (χ4v) is 2.53. The van der Waals surface area contributed by atoms with Crippen molar-refractivity contribution in [3.8, 4) is 0 Å². The highest BCUT2D eigenvalue weighted by molar-refractivity contribution is 5.12. The molecule has 1 fully saturated rings. The zero-order chi connectivity index (χ0) is 11.2. The number of nitrogens with one attached hydrogen (secondary N) is 1. The predicted molar refractivity (Wildman–Crippen MR) is 67.3 cm³/mol. The highest BCUT2D eigenvalue weighted by atomic mass is 14.9. The number of nitrogens with zero attached hydrogens (tertiary/aromatic N) is 1. The number of rotatable bonds is 3. The van der Waals surface area contributed by atoms with Crippen LogP contribution in [0.4, 0.5) is 0 Å². The normalized spacial score (nSPS) is 20.3. The molecule has 0 saturated heterocycles. The molecule has 0 amide bonds. The Labute approximate surface area is 98.5 Å². The maximum atomic E-state index is 4.18. The van der Waals surface area contributed by atoms with E-state index in [0.29, 0.717) is 12.1 Å². The van der Waals surface area contributed by atoms with Crippen molar-refractivity contribution < 1.29 is 0 Å². The molecule has 1 aliphatic carbocycles. The summed E-state index contributed by atoms with van der Waals surface area (Å²) in [7, 11) is 0. The van der Waals surface area contributed by atoms with Gasteiger partial charge in [0.25, 0.3) is 0 Å². The van der Waals surface area contributed by atoms with E-state index in [0.717, 1.165) is 0 Å². The Morgan fingerprint density at radius 3 is 2.62 bits per heavy atom. The van der Waals surface area contributed by atoms with Gasteiger partial charge in [-0.15, -0.1) is 0 Å². The van der Waals surface area contributed by atoms with Gasteiger partial charge in [-0.1, -0.05) is 31.7 Å². The van der Waals surface area contributed by atoms with E-state index in [2.05, 4.69) is 23.3 Å². The molecule has 1 aromatic heterocycles. The van der Waals surface area contributed by atoms with Crippen LogP contribution in [0.5, 0.6) is 0 Å². The average molecular weight is 218 g/mol. The van der Waals surface area contributed by atoms with Crippen molar-refractivity contribution >= 4 is 0 Å². The van der Waals surface area contributed by atoms with Crippen LogP contribution in [0.15, 0.2) is 24.5 Å². The molecule has 1 saturated carbocycles. The van der Waals surface area contributed by atoms with Gasteiger partial charge >= 0.3 is 0 Å². The van der Waals surface area contributed by atoms with Gasteiger partial charge in [0.05, 0.1) is 0 Å². The van der Waals surface area contributed by atoms with E-state index in [-0.39, 0.29) is 0 Å². The molecule has 0 spiro atoms. The lowest BCUT2D eigenvalue weighted by Crippen LogP contribution is -2.31.